The highest BCUT2D eigenvalue weighted by Gasteiger charge is 2.17. The number of carbonyl (C=O) groups is 1. The van der Waals surface area contributed by atoms with Crippen LogP contribution in [0.15, 0.2) is 79.0 Å². The molecule has 1 amide bonds. The number of benzene rings is 3. The van der Waals surface area contributed by atoms with E-state index in [9.17, 15) is 4.79 Å². The van der Waals surface area contributed by atoms with Gasteiger partial charge in [-0.2, -0.15) is 0 Å². The van der Waals surface area contributed by atoms with Gasteiger partial charge >= 0.3 is 0 Å². The third kappa shape index (κ3) is 3.85. The molecule has 5 aromatic rings. The largest absolute Gasteiger partial charge is 0.355 e. The van der Waals surface area contributed by atoms with Gasteiger partial charge < -0.3 is 10.3 Å². The van der Waals surface area contributed by atoms with Crippen LogP contribution in [0, 0.1) is 6.92 Å². The molecule has 0 spiro atoms. The van der Waals surface area contributed by atoms with Gasteiger partial charge in [0.2, 0.25) is 5.91 Å². The number of rotatable bonds is 4. The van der Waals surface area contributed by atoms with Crippen LogP contribution in [0.5, 0.6) is 0 Å². The zero-order valence-electron chi connectivity index (χ0n) is 17.8. The lowest BCUT2D eigenvalue weighted by Gasteiger charge is -2.13. The highest BCUT2D eigenvalue weighted by molar-refractivity contribution is 6.31. The molecule has 1 unspecified atom stereocenters. The molecule has 2 heterocycles. The van der Waals surface area contributed by atoms with Crippen LogP contribution in [0.25, 0.3) is 32.9 Å². The Balaban J connectivity index is 1.35. The van der Waals surface area contributed by atoms with E-state index in [-0.39, 0.29) is 11.8 Å². The molecule has 32 heavy (non-hydrogen) atoms. The van der Waals surface area contributed by atoms with Crippen LogP contribution in [0.4, 0.5) is 5.69 Å². The van der Waals surface area contributed by atoms with E-state index >= 15 is 0 Å². The Bertz CT molecular complexity index is 1450. The van der Waals surface area contributed by atoms with Crippen molar-refractivity contribution in [1.82, 2.24) is 9.97 Å². The first-order valence-corrected chi connectivity index (χ1v) is 10.9. The van der Waals surface area contributed by atoms with Crippen molar-refractivity contribution in [3.8, 4) is 11.1 Å². The number of aryl methyl sites for hydroxylation is 1. The summed E-state index contributed by atoms with van der Waals surface area (Å²) in [6, 6.07) is 23.8. The number of hydrogen-bond donors (Lipinski definition) is 2. The molecule has 4 nitrogen and oxygen atoms in total. The zero-order valence-corrected chi connectivity index (χ0v) is 18.6. The molecule has 0 radical (unpaired) electrons. The number of aromatic amines is 1. The van der Waals surface area contributed by atoms with Crippen molar-refractivity contribution in [3.63, 3.8) is 0 Å². The van der Waals surface area contributed by atoms with Crippen LogP contribution in [-0.2, 0) is 4.79 Å². The molecule has 0 bridgehead atoms. The maximum absolute atomic E-state index is 12.9. The number of nitrogens with one attached hydrogen (secondary N) is 2. The maximum atomic E-state index is 12.9. The van der Waals surface area contributed by atoms with Gasteiger partial charge in [0, 0.05) is 44.4 Å². The van der Waals surface area contributed by atoms with Gasteiger partial charge in [-0.1, -0.05) is 35.9 Å². The average molecular weight is 440 g/mol. The Hall–Kier alpha value is -3.63. The minimum absolute atomic E-state index is 0.0454. The number of amides is 1. The number of halogens is 1. The molecular weight excluding hydrogens is 418 g/mol. The second-order valence-corrected chi connectivity index (χ2v) is 8.53. The standard InChI is InChI=1S/C27H22ClN3O/c1-16-13-20(11-12-29-16)18-3-7-22(8-4-18)30-27(32)17(2)19-5-9-23-24-15-21(28)6-10-25(24)31-26(23)14-19/h3-15,17,31H,1-2H3,(H,30,32). The smallest absolute Gasteiger partial charge is 0.231 e. The van der Waals surface area contributed by atoms with E-state index in [1.807, 2.05) is 80.6 Å². The molecule has 0 saturated carbocycles. The number of anilines is 1. The predicted octanol–water partition coefficient (Wildman–Crippen LogP) is 7.09. The van der Waals surface area contributed by atoms with Crippen molar-refractivity contribution in [2.75, 3.05) is 5.32 Å². The number of carbonyl (C=O) groups excluding carboxylic acids is 1. The van der Waals surface area contributed by atoms with E-state index in [0.717, 1.165) is 49.9 Å². The van der Waals surface area contributed by atoms with Gasteiger partial charge in [-0.25, -0.2) is 0 Å². The van der Waals surface area contributed by atoms with Gasteiger partial charge in [-0.15, -0.1) is 0 Å². The molecule has 3 aromatic carbocycles. The number of hydrogen-bond acceptors (Lipinski definition) is 2. The fourth-order valence-corrected chi connectivity index (χ4v) is 4.21. The Morgan fingerprint density at radius 3 is 2.50 bits per heavy atom. The minimum Gasteiger partial charge on any atom is -0.355 e. The summed E-state index contributed by atoms with van der Waals surface area (Å²) in [5.74, 6) is -0.340. The first kappa shape index (κ1) is 20.3. The van der Waals surface area contributed by atoms with Crippen molar-refractivity contribution >= 4 is 45.0 Å². The third-order valence-electron chi connectivity index (χ3n) is 5.86. The number of aromatic nitrogens is 2. The fraction of sp³-hybridized carbons (Fsp3) is 0.111. The lowest BCUT2D eigenvalue weighted by Crippen LogP contribution is -2.18. The van der Waals surface area contributed by atoms with E-state index in [1.165, 1.54) is 0 Å². The van der Waals surface area contributed by atoms with E-state index in [4.69, 9.17) is 11.6 Å². The second-order valence-electron chi connectivity index (χ2n) is 8.09. The van der Waals surface area contributed by atoms with Crippen LogP contribution in [0.2, 0.25) is 5.02 Å². The summed E-state index contributed by atoms with van der Waals surface area (Å²) < 4.78 is 0. The summed E-state index contributed by atoms with van der Waals surface area (Å²) in [6.45, 7) is 3.89. The van der Waals surface area contributed by atoms with Crippen LogP contribution in [-0.4, -0.2) is 15.9 Å². The van der Waals surface area contributed by atoms with Crippen LogP contribution in [0.3, 0.4) is 0 Å². The second kappa shape index (κ2) is 8.13. The minimum atomic E-state index is -0.295. The summed E-state index contributed by atoms with van der Waals surface area (Å²) in [4.78, 5) is 20.6. The lowest BCUT2D eigenvalue weighted by molar-refractivity contribution is -0.117. The molecule has 5 heteroatoms. The first-order valence-electron chi connectivity index (χ1n) is 10.5. The number of fused-ring (bicyclic) bond motifs is 3. The van der Waals surface area contributed by atoms with E-state index < -0.39 is 0 Å². The quantitative estimate of drug-likeness (QED) is 0.314. The third-order valence-corrected chi connectivity index (χ3v) is 6.10. The summed E-state index contributed by atoms with van der Waals surface area (Å²) in [7, 11) is 0. The molecule has 0 fully saturated rings. The molecule has 5 rings (SSSR count). The first-order chi connectivity index (χ1) is 15.5. The van der Waals surface area contributed by atoms with Crippen LogP contribution >= 0.6 is 11.6 Å². The van der Waals surface area contributed by atoms with Crippen LogP contribution in [0.1, 0.15) is 24.1 Å². The van der Waals surface area contributed by atoms with Gasteiger partial charge in [0.25, 0.3) is 0 Å². The average Bonchev–Trinajstić information content (AvgIpc) is 3.16. The Morgan fingerprint density at radius 1 is 0.906 bits per heavy atom. The normalized spacial score (nSPS) is 12.2. The SMILES string of the molecule is Cc1cc(-c2ccc(NC(=O)C(C)c3ccc4c(c3)[nH]c3ccc(Cl)cc34)cc2)ccn1. The van der Waals surface area contributed by atoms with Crippen LogP contribution < -0.4 is 5.32 Å². The molecular formula is C27H22ClN3O. The summed E-state index contributed by atoms with van der Waals surface area (Å²) in [5, 5.41) is 5.92. The van der Waals surface area contributed by atoms with Gasteiger partial charge in [0.1, 0.15) is 0 Å². The van der Waals surface area contributed by atoms with E-state index in [2.05, 4.69) is 21.4 Å². The predicted molar refractivity (Wildman–Crippen MR) is 132 cm³/mol. The topological polar surface area (TPSA) is 57.8 Å². The number of nitrogens with zero attached hydrogens (tertiary/aromatic N) is 1. The molecule has 2 aromatic heterocycles. The van der Waals surface area contributed by atoms with Crippen molar-refractivity contribution in [3.05, 3.63) is 95.3 Å². The zero-order chi connectivity index (χ0) is 22.2. The molecule has 158 valence electrons. The van der Waals surface area contributed by atoms with Crippen molar-refractivity contribution in [1.29, 1.82) is 0 Å². The Kier molecular flexibility index (Phi) is 5.16. The molecule has 0 aliphatic carbocycles. The van der Waals surface area contributed by atoms with Gasteiger partial charge in [0.15, 0.2) is 0 Å². The Morgan fingerprint density at radius 2 is 1.72 bits per heavy atom. The lowest BCUT2D eigenvalue weighted by atomic mass is 9.98. The van der Waals surface area contributed by atoms with Crippen molar-refractivity contribution < 1.29 is 4.79 Å². The van der Waals surface area contributed by atoms with E-state index in [1.54, 1.807) is 6.20 Å². The van der Waals surface area contributed by atoms with Crippen molar-refractivity contribution in [2.45, 2.75) is 19.8 Å². The monoisotopic (exact) mass is 439 g/mol. The highest BCUT2D eigenvalue weighted by atomic mass is 35.5. The van der Waals surface area contributed by atoms with Gasteiger partial charge in [0.05, 0.1) is 5.92 Å². The van der Waals surface area contributed by atoms with Crippen molar-refractivity contribution in [2.24, 2.45) is 0 Å². The summed E-state index contributed by atoms with van der Waals surface area (Å²) in [6.07, 6.45) is 1.81. The molecule has 0 aliphatic heterocycles. The molecule has 1 atom stereocenters. The highest BCUT2D eigenvalue weighted by Crippen LogP contribution is 2.30. The van der Waals surface area contributed by atoms with Gasteiger partial charge in [-0.05, 0) is 79.1 Å². The van der Waals surface area contributed by atoms with Gasteiger partial charge in [-0.3, -0.25) is 9.78 Å². The Labute approximate surface area is 191 Å². The van der Waals surface area contributed by atoms with E-state index in [0.29, 0.717) is 5.02 Å². The molecule has 0 aliphatic rings. The summed E-state index contributed by atoms with van der Waals surface area (Å²) in [5.41, 5.74) is 6.93. The number of H-pyrrole nitrogens is 1. The summed E-state index contributed by atoms with van der Waals surface area (Å²) >= 11 is 6.16. The fourth-order valence-electron chi connectivity index (χ4n) is 4.04. The molecule has 0 saturated heterocycles. The number of pyridine rings is 1. The molecule has 2 N–H and O–H groups in total. The maximum Gasteiger partial charge on any atom is 0.231 e.